The van der Waals surface area contributed by atoms with E-state index >= 15 is 0 Å². The molecule has 3 heteroatoms. The molecule has 4 aliphatic carbocycles. The van der Waals surface area contributed by atoms with Gasteiger partial charge in [0.05, 0.1) is 12.0 Å². The summed E-state index contributed by atoms with van der Waals surface area (Å²) >= 11 is 0. The molecule has 0 aromatic rings. The lowest BCUT2D eigenvalue weighted by Crippen LogP contribution is -2.36. The number of hydrogen-bond acceptors (Lipinski definition) is 3. The van der Waals surface area contributed by atoms with Gasteiger partial charge in [-0.05, 0) is 74.0 Å². The minimum atomic E-state index is 0.0758. The molecule has 22 heavy (non-hydrogen) atoms. The number of rotatable bonds is 3. The molecule has 8 unspecified atom stereocenters. The maximum atomic E-state index is 12.6. The number of ether oxygens (including phenoxy) is 2. The Morgan fingerprint density at radius 3 is 2.77 bits per heavy atom. The van der Waals surface area contributed by atoms with Crippen LogP contribution < -0.4 is 0 Å². The molecule has 120 valence electrons. The maximum absolute atomic E-state index is 12.6. The fourth-order valence-corrected chi connectivity index (χ4v) is 6.51. The van der Waals surface area contributed by atoms with E-state index in [0.29, 0.717) is 12.5 Å². The highest BCUT2D eigenvalue weighted by Crippen LogP contribution is 2.67. The van der Waals surface area contributed by atoms with E-state index in [1.807, 2.05) is 0 Å². The van der Waals surface area contributed by atoms with Gasteiger partial charge in [-0.3, -0.25) is 4.79 Å². The van der Waals surface area contributed by atoms with Crippen molar-refractivity contribution in [1.82, 2.24) is 0 Å². The number of allylic oxidation sites excluding steroid dienone is 2. The summed E-state index contributed by atoms with van der Waals surface area (Å²) < 4.78 is 11.3. The van der Waals surface area contributed by atoms with Crippen molar-refractivity contribution < 1.29 is 14.3 Å². The van der Waals surface area contributed by atoms with Crippen molar-refractivity contribution in [1.29, 1.82) is 0 Å². The molecular formula is C19H26O3. The SMILES string of the molecule is O=C(OCC1CCCCO1)C1CC2CC1C1C3C=CC(C3)C21. The third-order valence-electron chi connectivity index (χ3n) is 7.26. The monoisotopic (exact) mass is 302 g/mol. The van der Waals surface area contributed by atoms with Crippen molar-refractivity contribution in [3.05, 3.63) is 12.2 Å². The van der Waals surface area contributed by atoms with E-state index in [4.69, 9.17) is 9.47 Å². The lowest BCUT2D eigenvalue weighted by Gasteiger charge is -2.35. The van der Waals surface area contributed by atoms with Crippen LogP contribution in [-0.2, 0) is 14.3 Å². The fraction of sp³-hybridized carbons (Fsp3) is 0.842. The normalized spacial score (nSPS) is 51.3. The van der Waals surface area contributed by atoms with Crippen LogP contribution in [0.3, 0.4) is 0 Å². The molecule has 8 atom stereocenters. The molecule has 3 saturated carbocycles. The summed E-state index contributed by atoms with van der Waals surface area (Å²) in [5.41, 5.74) is 0. The van der Waals surface area contributed by atoms with Gasteiger partial charge in [-0.2, -0.15) is 0 Å². The lowest BCUT2D eigenvalue weighted by atomic mass is 9.69. The number of hydrogen-bond donors (Lipinski definition) is 0. The molecule has 4 bridgehead atoms. The summed E-state index contributed by atoms with van der Waals surface area (Å²) in [6.07, 6.45) is 12.2. The molecule has 1 heterocycles. The first-order chi connectivity index (χ1) is 10.8. The second-order valence-electron chi connectivity index (χ2n) is 8.22. The van der Waals surface area contributed by atoms with E-state index in [1.54, 1.807) is 0 Å². The molecule has 0 spiro atoms. The van der Waals surface area contributed by atoms with Crippen LogP contribution in [0.25, 0.3) is 0 Å². The van der Waals surface area contributed by atoms with Gasteiger partial charge in [0, 0.05) is 6.61 Å². The largest absolute Gasteiger partial charge is 0.463 e. The molecule has 1 aliphatic heterocycles. The molecule has 0 aromatic carbocycles. The Balaban J connectivity index is 1.22. The molecule has 0 N–H and O–H groups in total. The van der Waals surface area contributed by atoms with Gasteiger partial charge in [-0.15, -0.1) is 0 Å². The molecule has 4 fully saturated rings. The highest BCUT2D eigenvalue weighted by molar-refractivity contribution is 5.73. The van der Waals surface area contributed by atoms with Crippen LogP contribution in [0.1, 0.15) is 38.5 Å². The molecular weight excluding hydrogens is 276 g/mol. The summed E-state index contributed by atoms with van der Waals surface area (Å²) in [5, 5.41) is 0. The van der Waals surface area contributed by atoms with E-state index in [0.717, 1.165) is 55.5 Å². The smallest absolute Gasteiger partial charge is 0.309 e. The molecule has 0 amide bonds. The standard InChI is InChI=1S/C19H26O3/c20-19(22-10-14-3-1-2-6-21-14)16-9-13-8-15(16)18-12-5-4-11(7-12)17(13)18/h4-5,11-18H,1-3,6-10H2. The first-order valence-corrected chi connectivity index (χ1v) is 9.28. The van der Waals surface area contributed by atoms with Gasteiger partial charge in [0.25, 0.3) is 0 Å². The zero-order valence-corrected chi connectivity index (χ0v) is 13.2. The van der Waals surface area contributed by atoms with Gasteiger partial charge in [0.15, 0.2) is 0 Å². The third kappa shape index (κ3) is 1.94. The van der Waals surface area contributed by atoms with E-state index < -0.39 is 0 Å². The third-order valence-corrected chi connectivity index (χ3v) is 7.26. The predicted molar refractivity (Wildman–Crippen MR) is 82.0 cm³/mol. The number of carbonyl (C=O) groups is 1. The second-order valence-corrected chi connectivity index (χ2v) is 8.22. The minimum absolute atomic E-state index is 0.0758. The Bertz CT molecular complexity index is 493. The Kier molecular flexibility index (Phi) is 3.14. The quantitative estimate of drug-likeness (QED) is 0.456. The average Bonchev–Trinajstić information content (AvgIpc) is 3.30. The molecule has 5 rings (SSSR count). The Hall–Kier alpha value is -0.830. The maximum Gasteiger partial charge on any atom is 0.309 e. The number of carbonyl (C=O) groups excluding carboxylic acids is 1. The summed E-state index contributed by atoms with van der Waals surface area (Å²) in [5.74, 6) is 4.94. The van der Waals surface area contributed by atoms with E-state index in [-0.39, 0.29) is 18.0 Å². The topological polar surface area (TPSA) is 35.5 Å². The summed E-state index contributed by atoms with van der Waals surface area (Å²) in [6.45, 7) is 1.31. The van der Waals surface area contributed by atoms with Gasteiger partial charge in [-0.1, -0.05) is 12.2 Å². The lowest BCUT2D eigenvalue weighted by molar-refractivity contribution is -0.157. The minimum Gasteiger partial charge on any atom is -0.463 e. The van der Waals surface area contributed by atoms with Crippen molar-refractivity contribution in [2.75, 3.05) is 13.2 Å². The first-order valence-electron chi connectivity index (χ1n) is 9.28. The van der Waals surface area contributed by atoms with Crippen LogP contribution in [0.5, 0.6) is 0 Å². The summed E-state index contributed by atoms with van der Waals surface area (Å²) in [6, 6.07) is 0. The van der Waals surface area contributed by atoms with Crippen LogP contribution in [0.2, 0.25) is 0 Å². The highest BCUT2D eigenvalue weighted by Gasteiger charge is 2.62. The van der Waals surface area contributed by atoms with Crippen LogP contribution in [-0.4, -0.2) is 25.3 Å². The highest BCUT2D eigenvalue weighted by atomic mass is 16.6. The van der Waals surface area contributed by atoms with Gasteiger partial charge in [-0.25, -0.2) is 0 Å². The number of fused-ring (bicyclic) bond motifs is 9. The number of esters is 1. The molecule has 5 aliphatic rings. The predicted octanol–water partition coefficient (Wildman–Crippen LogP) is 3.19. The van der Waals surface area contributed by atoms with E-state index in [1.165, 1.54) is 19.3 Å². The van der Waals surface area contributed by atoms with Crippen LogP contribution in [0.4, 0.5) is 0 Å². The van der Waals surface area contributed by atoms with E-state index in [9.17, 15) is 4.79 Å². The van der Waals surface area contributed by atoms with Crippen molar-refractivity contribution in [2.45, 2.75) is 44.6 Å². The Morgan fingerprint density at radius 2 is 1.95 bits per heavy atom. The second kappa shape index (κ2) is 5.09. The van der Waals surface area contributed by atoms with Crippen molar-refractivity contribution in [2.24, 2.45) is 41.4 Å². The Labute approximate surface area is 132 Å². The van der Waals surface area contributed by atoms with Crippen molar-refractivity contribution in [3.8, 4) is 0 Å². The average molecular weight is 302 g/mol. The van der Waals surface area contributed by atoms with Gasteiger partial charge in [0.2, 0.25) is 0 Å². The van der Waals surface area contributed by atoms with Crippen LogP contribution in [0.15, 0.2) is 12.2 Å². The van der Waals surface area contributed by atoms with Gasteiger partial charge in [0.1, 0.15) is 6.61 Å². The van der Waals surface area contributed by atoms with Crippen LogP contribution >= 0.6 is 0 Å². The zero-order valence-electron chi connectivity index (χ0n) is 13.2. The fourth-order valence-electron chi connectivity index (χ4n) is 6.51. The zero-order chi connectivity index (χ0) is 14.7. The van der Waals surface area contributed by atoms with Crippen molar-refractivity contribution in [3.63, 3.8) is 0 Å². The van der Waals surface area contributed by atoms with Gasteiger partial charge < -0.3 is 9.47 Å². The molecule has 0 radical (unpaired) electrons. The van der Waals surface area contributed by atoms with E-state index in [2.05, 4.69) is 12.2 Å². The van der Waals surface area contributed by atoms with Gasteiger partial charge >= 0.3 is 5.97 Å². The van der Waals surface area contributed by atoms with Crippen molar-refractivity contribution >= 4 is 5.97 Å². The summed E-state index contributed by atoms with van der Waals surface area (Å²) in [4.78, 5) is 12.6. The van der Waals surface area contributed by atoms with Crippen LogP contribution in [0, 0.1) is 41.4 Å². The summed E-state index contributed by atoms with van der Waals surface area (Å²) in [7, 11) is 0. The first kappa shape index (κ1) is 13.6. The molecule has 0 aromatic heterocycles. The molecule has 1 saturated heterocycles. The Morgan fingerprint density at radius 1 is 1.09 bits per heavy atom. The molecule has 3 nitrogen and oxygen atoms in total.